The lowest BCUT2D eigenvalue weighted by molar-refractivity contribution is 0.623. The van der Waals surface area contributed by atoms with Gasteiger partial charge in [0.2, 0.25) is 0 Å². The van der Waals surface area contributed by atoms with Gasteiger partial charge in [0.1, 0.15) is 11.9 Å². The molecule has 84 valence electrons. The Hall–Kier alpha value is -1.01. The van der Waals surface area contributed by atoms with E-state index in [0.717, 1.165) is 16.6 Å². The molecule has 2 rings (SSSR count). The first kappa shape index (κ1) is 11.5. The summed E-state index contributed by atoms with van der Waals surface area (Å²) in [5.41, 5.74) is 1.21. The van der Waals surface area contributed by atoms with Crippen molar-refractivity contribution in [2.45, 2.75) is 36.7 Å². The van der Waals surface area contributed by atoms with Gasteiger partial charge in [0.05, 0.1) is 5.56 Å². The molecule has 0 aliphatic heterocycles. The van der Waals surface area contributed by atoms with E-state index in [1.54, 1.807) is 12.1 Å². The lowest BCUT2D eigenvalue weighted by atomic mass is 10.1. The van der Waals surface area contributed by atoms with Crippen LogP contribution in [0.2, 0.25) is 0 Å². The zero-order valence-corrected chi connectivity index (χ0v) is 9.89. The van der Waals surface area contributed by atoms with Crippen molar-refractivity contribution in [3.63, 3.8) is 0 Å². The van der Waals surface area contributed by atoms with Gasteiger partial charge in [-0.3, -0.25) is 0 Å². The van der Waals surface area contributed by atoms with Crippen molar-refractivity contribution in [3.8, 4) is 6.07 Å². The van der Waals surface area contributed by atoms with Crippen LogP contribution in [-0.2, 0) is 5.75 Å². The quantitative estimate of drug-likeness (QED) is 0.794. The number of benzene rings is 1. The predicted octanol–water partition coefficient (Wildman–Crippen LogP) is 3.87. The lowest BCUT2D eigenvalue weighted by Crippen LogP contribution is -1.95. The Kier molecular flexibility index (Phi) is 3.84. The minimum atomic E-state index is -0.419. The van der Waals surface area contributed by atoms with Crippen LogP contribution >= 0.6 is 11.8 Å². The number of hydrogen-bond donors (Lipinski definition) is 0. The molecule has 1 aliphatic rings. The minimum absolute atomic E-state index is 0.157. The minimum Gasteiger partial charge on any atom is -0.206 e. The molecule has 16 heavy (non-hydrogen) atoms. The number of nitrogens with zero attached hydrogens (tertiary/aromatic N) is 1. The number of rotatable bonds is 3. The lowest BCUT2D eigenvalue weighted by Gasteiger charge is -2.08. The van der Waals surface area contributed by atoms with Crippen LogP contribution in [0.25, 0.3) is 0 Å². The Bertz CT molecular complexity index is 405. The van der Waals surface area contributed by atoms with Crippen molar-refractivity contribution >= 4 is 11.8 Å². The molecule has 0 amide bonds. The van der Waals surface area contributed by atoms with Crippen molar-refractivity contribution in [1.29, 1.82) is 5.26 Å². The van der Waals surface area contributed by atoms with E-state index in [-0.39, 0.29) is 5.56 Å². The van der Waals surface area contributed by atoms with E-state index in [1.807, 2.05) is 17.8 Å². The van der Waals surface area contributed by atoms with Gasteiger partial charge < -0.3 is 0 Å². The molecule has 1 aromatic carbocycles. The van der Waals surface area contributed by atoms with E-state index >= 15 is 0 Å². The van der Waals surface area contributed by atoms with Gasteiger partial charge in [-0.25, -0.2) is 4.39 Å². The maximum absolute atomic E-state index is 13.1. The molecule has 0 heterocycles. The second kappa shape index (κ2) is 5.36. The molecule has 1 aliphatic carbocycles. The Balaban J connectivity index is 1.96. The van der Waals surface area contributed by atoms with Crippen LogP contribution in [0.5, 0.6) is 0 Å². The average Bonchev–Trinajstić information content (AvgIpc) is 2.81. The Morgan fingerprint density at radius 3 is 2.81 bits per heavy atom. The molecule has 0 N–H and O–H groups in total. The maximum atomic E-state index is 13.1. The summed E-state index contributed by atoms with van der Waals surface area (Å²) < 4.78 is 13.1. The second-order valence-electron chi connectivity index (χ2n) is 4.14. The Morgan fingerprint density at radius 1 is 1.38 bits per heavy atom. The smallest absolute Gasteiger partial charge is 0.140 e. The highest BCUT2D eigenvalue weighted by atomic mass is 32.2. The van der Waals surface area contributed by atoms with Gasteiger partial charge in [-0.15, -0.1) is 0 Å². The summed E-state index contributed by atoms with van der Waals surface area (Å²) in [6, 6.07) is 6.71. The normalized spacial score (nSPS) is 16.2. The zero-order chi connectivity index (χ0) is 11.4. The number of nitriles is 1. The first-order valence-corrected chi connectivity index (χ1v) is 6.64. The first-order valence-electron chi connectivity index (χ1n) is 5.60. The van der Waals surface area contributed by atoms with Crippen molar-refractivity contribution < 1.29 is 4.39 Å². The van der Waals surface area contributed by atoms with Crippen LogP contribution in [0, 0.1) is 17.1 Å². The van der Waals surface area contributed by atoms with Crippen LogP contribution < -0.4 is 0 Å². The van der Waals surface area contributed by atoms with Gasteiger partial charge in [0.25, 0.3) is 0 Å². The zero-order valence-electron chi connectivity index (χ0n) is 9.08. The molecule has 0 aromatic heterocycles. The van der Waals surface area contributed by atoms with Crippen molar-refractivity contribution in [1.82, 2.24) is 0 Å². The fraction of sp³-hybridized carbons (Fsp3) is 0.462. The van der Waals surface area contributed by atoms with E-state index in [9.17, 15) is 4.39 Å². The molecule has 1 aromatic rings. The van der Waals surface area contributed by atoms with Gasteiger partial charge in [0, 0.05) is 11.0 Å². The van der Waals surface area contributed by atoms with Crippen LogP contribution in [-0.4, -0.2) is 5.25 Å². The summed E-state index contributed by atoms with van der Waals surface area (Å²) in [5.74, 6) is 0.469. The van der Waals surface area contributed by atoms with Gasteiger partial charge in [0.15, 0.2) is 0 Å². The fourth-order valence-corrected chi connectivity index (χ4v) is 3.29. The summed E-state index contributed by atoms with van der Waals surface area (Å²) >= 11 is 1.93. The average molecular weight is 235 g/mol. The molecule has 0 atom stereocenters. The monoisotopic (exact) mass is 235 g/mol. The van der Waals surface area contributed by atoms with Crippen molar-refractivity contribution in [2.75, 3.05) is 0 Å². The van der Waals surface area contributed by atoms with Crippen LogP contribution in [0.3, 0.4) is 0 Å². The van der Waals surface area contributed by atoms with E-state index in [0.29, 0.717) is 0 Å². The van der Waals surface area contributed by atoms with Gasteiger partial charge in [-0.2, -0.15) is 17.0 Å². The number of thioether (sulfide) groups is 1. The molecular formula is C13H14FNS. The van der Waals surface area contributed by atoms with Crippen molar-refractivity contribution in [2.24, 2.45) is 0 Å². The predicted molar refractivity (Wildman–Crippen MR) is 64.7 cm³/mol. The maximum Gasteiger partial charge on any atom is 0.140 e. The molecule has 0 spiro atoms. The molecule has 0 unspecified atom stereocenters. The highest BCUT2D eigenvalue weighted by Crippen LogP contribution is 2.31. The second-order valence-corrected chi connectivity index (χ2v) is 5.43. The Morgan fingerprint density at radius 2 is 2.12 bits per heavy atom. The summed E-state index contributed by atoms with van der Waals surface area (Å²) in [5, 5.41) is 9.49. The van der Waals surface area contributed by atoms with Crippen molar-refractivity contribution in [3.05, 3.63) is 35.1 Å². The summed E-state index contributed by atoms with van der Waals surface area (Å²) in [6.45, 7) is 0. The standard InChI is InChI=1S/C13H14FNS/c14-13-6-5-10(7-11(13)8-15)9-16-12-3-1-2-4-12/h5-7,12H,1-4,9H2. The topological polar surface area (TPSA) is 23.8 Å². The van der Waals surface area contributed by atoms with Crippen LogP contribution in [0.1, 0.15) is 36.8 Å². The molecular weight excluding hydrogens is 221 g/mol. The number of halogens is 1. The SMILES string of the molecule is N#Cc1cc(CSC2CCCC2)ccc1F. The molecule has 3 heteroatoms. The van der Waals surface area contributed by atoms with Gasteiger partial charge >= 0.3 is 0 Å². The van der Waals surface area contributed by atoms with E-state index in [4.69, 9.17) is 5.26 Å². The number of hydrogen-bond acceptors (Lipinski definition) is 2. The first-order chi connectivity index (χ1) is 7.79. The Labute approximate surface area is 99.7 Å². The van der Waals surface area contributed by atoms with E-state index in [1.165, 1.54) is 31.7 Å². The van der Waals surface area contributed by atoms with Gasteiger partial charge in [-0.05, 0) is 30.5 Å². The molecule has 0 saturated heterocycles. The largest absolute Gasteiger partial charge is 0.206 e. The molecule has 1 fully saturated rings. The summed E-state index contributed by atoms with van der Waals surface area (Å²) in [7, 11) is 0. The molecule has 1 nitrogen and oxygen atoms in total. The third-order valence-electron chi connectivity index (χ3n) is 2.94. The van der Waals surface area contributed by atoms with E-state index < -0.39 is 5.82 Å². The highest BCUT2D eigenvalue weighted by molar-refractivity contribution is 7.99. The van der Waals surface area contributed by atoms with E-state index in [2.05, 4.69) is 0 Å². The van der Waals surface area contributed by atoms with Crippen LogP contribution in [0.15, 0.2) is 18.2 Å². The summed E-state index contributed by atoms with van der Waals surface area (Å²) in [6.07, 6.45) is 5.28. The molecule has 0 bridgehead atoms. The van der Waals surface area contributed by atoms with Crippen LogP contribution in [0.4, 0.5) is 4.39 Å². The molecule has 0 radical (unpaired) electrons. The third-order valence-corrected chi connectivity index (χ3v) is 4.38. The highest BCUT2D eigenvalue weighted by Gasteiger charge is 2.15. The van der Waals surface area contributed by atoms with Gasteiger partial charge in [-0.1, -0.05) is 18.9 Å². The molecule has 1 saturated carbocycles. The summed E-state index contributed by atoms with van der Waals surface area (Å²) in [4.78, 5) is 0. The fourth-order valence-electron chi connectivity index (χ4n) is 2.02. The third kappa shape index (κ3) is 2.76.